The molecule has 0 radical (unpaired) electrons. The molecule has 1 fully saturated rings. The molecule has 4 nitrogen and oxygen atoms in total. The molecule has 0 aromatic rings. The highest BCUT2D eigenvalue weighted by Gasteiger charge is 2.34. The van der Waals surface area contributed by atoms with Crippen molar-refractivity contribution in [1.82, 2.24) is 10.2 Å². The minimum absolute atomic E-state index is 0.352. The number of rotatable bonds is 6. The van der Waals surface area contributed by atoms with E-state index >= 15 is 0 Å². The molecule has 1 rings (SSSR count). The van der Waals surface area contributed by atoms with Crippen LogP contribution in [0.4, 0.5) is 0 Å². The third kappa shape index (κ3) is 3.96. The van der Waals surface area contributed by atoms with Crippen LogP contribution >= 0.6 is 0 Å². The van der Waals surface area contributed by atoms with Crippen LogP contribution in [-0.2, 0) is 4.79 Å². The maximum absolute atomic E-state index is 11.3. The number of nitrogens with one attached hydrogen (secondary N) is 1. The fourth-order valence-electron chi connectivity index (χ4n) is 2.58. The summed E-state index contributed by atoms with van der Waals surface area (Å²) in [5, 5.41) is 12.7. The molecule has 1 heterocycles. The third-order valence-electron chi connectivity index (χ3n) is 3.78. The Hall–Kier alpha value is -0.610. The molecular weight excluding hydrogens is 216 g/mol. The average molecular weight is 242 g/mol. The van der Waals surface area contributed by atoms with E-state index in [4.69, 9.17) is 0 Å². The first-order valence-electron chi connectivity index (χ1n) is 6.75. The number of carboxylic acid groups (broad SMARTS) is 1. The quantitative estimate of drug-likeness (QED) is 0.744. The van der Waals surface area contributed by atoms with Gasteiger partial charge < -0.3 is 10.0 Å². The van der Waals surface area contributed by atoms with Crippen molar-refractivity contribution in [3.63, 3.8) is 0 Å². The smallest absolute Gasteiger partial charge is 0.323 e. The van der Waals surface area contributed by atoms with Gasteiger partial charge in [-0.05, 0) is 45.8 Å². The Morgan fingerprint density at radius 3 is 2.41 bits per heavy atom. The first kappa shape index (κ1) is 14.5. The molecule has 0 amide bonds. The summed E-state index contributed by atoms with van der Waals surface area (Å²) < 4.78 is 0. The lowest BCUT2D eigenvalue weighted by atomic mass is 9.93. The Labute approximate surface area is 104 Å². The summed E-state index contributed by atoms with van der Waals surface area (Å²) in [4.78, 5) is 13.7. The van der Waals surface area contributed by atoms with Crippen LogP contribution in [0.1, 0.15) is 46.5 Å². The highest BCUT2D eigenvalue weighted by molar-refractivity contribution is 5.78. The summed E-state index contributed by atoms with van der Waals surface area (Å²) in [5.41, 5.74) is -0.756. The zero-order chi connectivity index (χ0) is 12.9. The molecule has 17 heavy (non-hydrogen) atoms. The molecule has 0 spiro atoms. The summed E-state index contributed by atoms with van der Waals surface area (Å²) >= 11 is 0. The lowest BCUT2D eigenvalue weighted by molar-refractivity contribution is -0.145. The van der Waals surface area contributed by atoms with Gasteiger partial charge in [-0.2, -0.15) is 0 Å². The van der Waals surface area contributed by atoms with Crippen LogP contribution in [0.15, 0.2) is 0 Å². The van der Waals surface area contributed by atoms with Crippen molar-refractivity contribution in [1.29, 1.82) is 0 Å². The topological polar surface area (TPSA) is 52.6 Å². The van der Waals surface area contributed by atoms with Crippen molar-refractivity contribution in [3.05, 3.63) is 0 Å². The molecule has 0 saturated carbocycles. The van der Waals surface area contributed by atoms with Crippen molar-refractivity contribution in [3.8, 4) is 0 Å². The van der Waals surface area contributed by atoms with Crippen molar-refractivity contribution in [2.24, 2.45) is 0 Å². The first-order chi connectivity index (χ1) is 8.01. The van der Waals surface area contributed by atoms with Gasteiger partial charge in [-0.25, -0.2) is 0 Å². The SMILES string of the molecule is CCCC(C)(NC1CCN(CC)CC1)C(=O)O. The van der Waals surface area contributed by atoms with E-state index in [1.807, 2.05) is 13.8 Å². The Morgan fingerprint density at radius 1 is 1.41 bits per heavy atom. The van der Waals surface area contributed by atoms with Gasteiger partial charge in [0, 0.05) is 6.04 Å². The number of carbonyl (C=O) groups is 1. The van der Waals surface area contributed by atoms with E-state index in [2.05, 4.69) is 17.1 Å². The molecular formula is C13H26N2O2. The van der Waals surface area contributed by atoms with Crippen LogP contribution in [-0.4, -0.2) is 47.2 Å². The zero-order valence-corrected chi connectivity index (χ0v) is 11.3. The van der Waals surface area contributed by atoms with E-state index in [1.165, 1.54) is 0 Å². The van der Waals surface area contributed by atoms with Gasteiger partial charge in [0.25, 0.3) is 0 Å². The maximum Gasteiger partial charge on any atom is 0.323 e. The number of hydrogen-bond donors (Lipinski definition) is 2. The molecule has 1 aliphatic rings. The van der Waals surface area contributed by atoms with E-state index in [0.29, 0.717) is 12.5 Å². The first-order valence-corrected chi connectivity index (χ1v) is 6.75. The fourth-order valence-corrected chi connectivity index (χ4v) is 2.58. The molecule has 4 heteroatoms. The lowest BCUT2D eigenvalue weighted by Gasteiger charge is -2.37. The molecule has 1 aliphatic heterocycles. The maximum atomic E-state index is 11.3. The highest BCUT2D eigenvalue weighted by Crippen LogP contribution is 2.18. The summed E-state index contributed by atoms with van der Waals surface area (Å²) in [5.74, 6) is -0.725. The number of carboxylic acids is 1. The average Bonchev–Trinajstić information content (AvgIpc) is 2.30. The normalized spacial score (nSPS) is 22.3. The number of likely N-dealkylation sites (tertiary alicyclic amines) is 1. The van der Waals surface area contributed by atoms with Crippen molar-refractivity contribution < 1.29 is 9.90 Å². The predicted molar refractivity (Wildman–Crippen MR) is 69.2 cm³/mol. The number of piperidine rings is 1. The molecule has 0 aromatic carbocycles. The van der Waals surface area contributed by atoms with Crippen LogP contribution in [0.5, 0.6) is 0 Å². The van der Waals surface area contributed by atoms with E-state index in [0.717, 1.165) is 38.9 Å². The van der Waals surface area contributed by atoms with Crippen LogP contribution in [0.25, 0.3) is 0 Å². The predicted octanol–water partition coefficient (Wildman–Crippen LogP) is 1.70. The van der Waals surface area contributed by atoms with Gasteiger partial charge in [0.05, 0.1) is 0 Å². The van der Waals surface area contributed by atoms with Crippen molar-refractivity contribution in [2.75, 3.05) is 19.6 Å². The third-order valence-corrected chi connectivity index (χ3v) is 3.78. The molecule has 100 valence electrons. The summed E-state index contributed by atoms with van der Waals surface area (Å²) in [6.07, 6.45) is 3.70. The molecule has 2 N–H and O–H groups in total. The van der Waals surface area contributed by atoms with Gasteiger partial charge in [-0.1, -0.05) is 20.3 Å². The van der Waals surface area contributed by atoms with E-state index in [9.17, 15) is 9.90 Å². The summed E-state index contributed by atoms with van der Waals surface area (Å²) in [7, 11) is 0. The van der Waals surface area contributed by atoms with Crippen molar-refractivity contribution >= 4 is 5.97 Å². The molecule has 1 saturated heterocycles. The molecule has 0 aliphatic carbocycles. The highest BCUT2D eigenvalue weighted by atomic mass is 16.4. The van der Waals surface area contributed by atoms with Crippen LogP contribution in [0.3, 0.4) is 0 Å². The second-order valence-corrected chi connectivity index (χ2v) is 5.24. The van der Waals surface area contributed by atoms with E-state index in [1.54, 1.807) is 0 Å². The largest absolute Gasteiger partial charge is 0.480 e. The van der Waals surface area contributed by atoms with Gasteiger partial charge in [-0.15, -0.1) is 0 Å². The number of nitrogens with zero attached hydrogens (tertiary/aromatic N) is 1. The fraction of sp³-hybridized carbons (Fsp3) is 0.923. The standard InChI is InChI=1S/C13H26N2O2/c1-4-8-13(3,12(16)17)14-11-6-9-15(5-2)10-7-11/h11,14H,4-10H2,1-3H3,(H,16,17). The molecule has 1 atom stereocenters. The van der Waals surface area contributed by atoms with Crippen LogP contribution < -0.4 is 5.32 Å². The van der Waals surface area contributed by atoms with Crippen molar-refractivity contribution in [2.45, 2.75) is 58.0 Å². The molecule has 1 unspecified atom stereocenters. The van der Waals surface area contributed by atoms with Gasteiger partial charge in [0.1, 0.15) is 5.54 Å². The Balaban J connectivity index is 2.49. The van der Waals surface area contributed by atoms with Gasteiger partial charge >= 0.3 is 5.97 Å². The van der Waals surface area contributed by atoms with Crippen LogP contribution in [0, 0.1) is 0 Å². The van der Waals surface area contributed by atoms with E-state index in [-0.39, 0.29) is 0 Å². The Bertz CT molecular complexity index is 250. The minimum atomic E-state index is -0.756. The van der Waals surface area contributed by atoms with Gasteiger partial charge in [0.15, 0.2) is 0 Å². The summed E-state index contributed by atoms with van der Waals surface area (Å²) in [6, 6.07) is 0.352. The second-order valence-electron chi connectivity index (χ2n) is 5.24. The van der Waals surface area contributed by atoms with E-state index < -0.39 is 11.5 Å². The Kier molecular flexibility index (Phi) is 5.40. The van der Waals surface area contributed by atoms with Gasteiger partial charge in [-0.3, -0.25) is 10.1 Å². The molecule has 0 aromatic heterocycles. The van der Waals surface area contributed by atoms with Gasteiger partial charge in [0.2, 0.25) is 0 Å². The monoisotopic (exact) mass is 242 g/mol. The summed E-state index contributed by atoms with van der Waals surface area (Å²) in [6.45, 7) is 9.27. The number of hydrogen-bond acceptors (Lipinski definition) is 3. The second kappa shape index (κ2) is 6.36. The van der Waals surface area contributed by atoms with Crippen LogP contribution in [0.2, 0.25) is 0 Å². The molecule has 0 bridgehead atoms. The zero-order valence-electron chi connectivity index (χ0n) is 11.3. The Morgan fingerprint density at radius 2 is 2.00 bits per heavy atom. The minimum Gasteiger partial charge on any atom is -0.480 e. The lowest BCUT2D eigenvalue weighted by Crippen LogP contribution is -2.56. The number of aliphatic carboxylic acids is 1.